The first-order chi connectivity index (χ1) is 13.5. The minimum Gasteiger partial charge on any atom is -0.494 e. The third-order valence-corrected chi connectivity index (χ3v) is 5.31. The fraction of sp³-hybridized carbons (Fsp3) is 0.545. The zero-order valence-corrected chi connectivity index (χ0v) is 17.3. The summed E-state index contributed by atoms with van der Waals surface area (Å²) < 4.78 is 7.76. The van der Waals surface area contributed by atoms with E-state index in [1.807, 2.05) is 36.1 Å². The van der Waals surface area contributed by atoms with Crippen molar-refractivity contribution < 1.29 is 9.53 Å². The molecule has 1 aliphatic rings. The quantitative estimate of drug-likeness (QED) is 0.709. The van der Waals surface area contributed by atoms with E-state index in [4.69, 9.17) is 4.74 Å². The summed E-state index contributed by atoms with van der Waals surface area (Å²) >= 11 is 0. The van der Waals surface area contributed by atoms with Crippen molar-refractivity contribution in [3.63, 3.8) is 0 Å². The zero-order valence-electron chi connectivity index (χ0n) is 17.3. The predicted octanol–water partition coefficient (Wildman–Crippen LogP) is 4.62. The lowest BCUT2D eigenvalue weighted by atomic mass is 9.97. The molecule has 0 unspecified atom stereocenters. The number of hydrogen-bond donors (Lipinski definition) is 1. The highest BCUT2D eigenvalue weighted by molar-refractivity contribution is 5.89. The van der Waals surface area contributed by atoms with Gasteiger partial charge in [-0.1, -0.05) is 13.3 Å². The van der Waals surface area contributed by atoms with Gasteiger partial charge < -0.3 is 15.0 Å². The van der Waals surface area contributed by atoms with E-state index in [2.05, 4.69) is 35.0 Å². The van der Waals surface area contributed by atoms with Gasteiger partial charge in [-0.2, -0.15) is 5.10 Å². The number of anilines is 1. The van der Waals surface area contributed by atoms with Crippen LogP contribution < -0.4 is 10.1 Å². The number of aryl methyl sites for hydroxylation is 2. The molecule has 0 bridgehead atoms. The molecule has 2 aromatic rings. The number of ether oxygens (including phenoxy) is 1. The van der Waals surface area contributed by atoms with Crippen LogP contribution in [0.3, 0.4) is 0 Å². The number of rotatable bonds is 7. The van der Waals surface area contributed by atoms with Gasteiger partial charge >= 0.3 is 6.03 Å². The maximum atomic E-state index is 12.6. The van der Waals surface area contributed by atoms with Crippen molar-refractivity contribution in [2.45, 2.75) is 53.0 Å². The van der Waals surface area contributed by atoms with Gasteiger partial charge in [0.1, 0.15) is 5.75 Å². The molecule has 1 saturated heterocycles. The molecule has 0 radical (unpaired) electrons. The van der Waals surface area contributed by atoms with Crippen LogP contribution in [0.15, 0.2) is 30.3 Å². The van der Waals surface area contributed by atoms with E-state index in [9.17, 15) is 4.79 Å². The minimum absolute atomic E-state index is 0.0239. The van der Waals surface area contributed by atoms with E-state index >= 15 is 0 Å². The van der Waals surface area contributed by atoms with Gasteiger partial charge in [-0.3, -0.25) is 4.68 Å². The highest BCUT2D eigenvalue weighted by Crippen LogP contribution is 2.21. The molecule has 0 saturated carbocycles. The number of carbonyl (C=O) groups is 1. The molecule has 1 aromatic carbocycles. The Bertz CT molecular complexity index is 761. The molecule has 1 fully saturated rings. The summed E-state index contributed by atoms with van der Waals surface area (Å²) in [6.07, 6.45) is 4.19. The van der Waals surface area contributed by atoms with Crippen LogP contribution in [0.4, 0.5) is 10.5 Å². The van der Waals surface area contributed by atoms with E-state index in [1.54, 1.807) is 0 Å². The summed E-state index contributed by atoms with van der Waals surface area (Å²) in [5, 5.41) is 7.56. The Morgan fingerprint density at radius 1 is 1.21 bits per heavy atom. The first-order valence-corrected chi connectivity index (χ1v) is 10.3. The molecule has 6 heteroatoms. The smallest absolute Gasteiger partial charge is 0.321 e. The highest BCUT2D eigenvalue weighted by atomic mass is 16.5. The summed E-state index contributed by atoms with van der Waals surface area (Å²) in [5.41, 5.74) is 3.08. The van der Waals surface area contributed by atoms with Gasteiger partial charge in [-0.25, -0.2) is 4.79 Å². The zero-order chi connectivity index (χ0) is 19.9. The van der Waals surface area contributed by atoms with Gasteiger partial charge in [0.15, 0.2) is 0 Å². The first kappa shape index (κ1) is 20.2. The van der Waals surface area contributed by atoms with Crippen LogP contribution in [0, 0.1) is 19.8 Å². The molecule has 0 spiro atoms. The van der Waals surface area contributed by atoms with Gasteiger partial charge in [0.25, 0.3) is 0 Å². The lowest BCUT2D eigenvalue weighted by Crippen LogP contribution is -2.41. The molecule has 1 aliphatic heterocycles. The first-order valence-electron chi connectivity index (χ1n) is 10.3. The normalized spacial score (nSPS) is 14.9. The number of piperidine rings is 1. The van der Waals surface area contributed by atoms with Crippen LogP contribution >= 0.6 is 0 Å². The van der Waals surface area contributed by atoms with Crippen molar-refractivity contribution in [3.05, 3.63) is 41.7 Å². The van der Waals surface area contributed by atoms with Crippen molar-refractivity contribution >= 4 is 11.7 Å². The average Bonchev–Trinajstić information content (AvgIpc) is 3.01. The summed E-state index contributed by atoms with van der Waals surface area (Å²) in [6.45, 7) is 9.51. The molecule has 2 heterocycles. The second kappa shape index (κ2) is 9.62. The lowest BCUT2D eigenvalue weighted by Gasteiger charge is -2.32. The number of amides is 2. The molecule has 152 valence electrons. The molecule has 3 rings (SSSR count). The minimum atomic E-state index is -0.0239. The summed E-state index contributed by atoms with van der Waals surface area (Å²) in [5.74, 6) is 1.41. The molecule has 6 nitrogen and oxygen atoms in total. The number of nitrogens with zero attached hydrogens (tertiary/aromatic N) is 3. The lowest BCUT2D eigenvalue weighted by molar-refractivity contribution is 0.175. The second-order valence-electron chi connectivity index (χ2n) is 7.70. The third kappa shape index (κ3) is 5.50. The Balaban J connectivity index is 1.44. The van der Waals surface area contributed by atoms with E-state index < -0.39 is 0 Å². The Kier molecular flexibility index (Phi) is 6.95. The van der Waals surface area contributed by atoms with Gasteiger partial charge in [-0.15, -0.1) is 0 Å². The number of carbonyl (C=O) groups excluding carboxylic acids is 1. The van der Waals surface area contributed by atoms with Crippen LogP contribution in [-0.4, -0.2) is 40.4 Å². The van der Waals surface area contributed by atoms with E-state index in [0.717, 1.165) is 69.1 Å². The van der Waals surface area contributed by atoms with Crippen molar-refractivity contribution in [2.24, 2.45) is 5.92 Å². The molecule has 2 amide bonds. The van der Waals surface area contributed by atoms with Crippen LogP contribution in [0.1, 0.15) is 44.0 Å². The van der Waals surface area contributed by atoms with Crippen LogP contribution in [0.25, 0.3) is 0 Å². The maximum absolute atomic E-state index is 12.6. The van der Waals surface area contributed by atoms with Crippen LogP contribution in [-0.2, 0) is 6.54 Å². The molecular weight excluding hydrogens is 352 g/mol. The van der Waals surface area contributed by atoms with Gasteiger partial charge in [0.05, 0.1) is 12.3 Å². The van der Waals surface area contributed by atoms with Gasteiger partial charge in [-0.05, 0) is 69.4 Å². The third-order valence-electron chi connectivity index (χ3n) is 5.31. The number of aromatic nitrogens is 2. The summed E-state index contributed by atoms with van der Waals surface area (Å²) in [6, 6.07) is 9.70. The van der Waals surface area contributed by atoms with Crippen LogP contribution in [0.2, 0.25) is 0 Å². The van der Waals surface area contributed by atoms with Crippen molar-refractivity contribution in [3.8, 4) is 5.75 Å². The Labute approximate surface area is 167 Å². The standard InChI is InChI=1S/C22H32N4O2/c1-4-5-14-28-21-8-6-20(7-9-21)23-22(27)25-12-10-19(11-13-25)16-26-18(3)15-17(2)24-26/h6-9,15,19H,4-5,10-14,16H2,1-3H3,(H,23,27). The average molecular weight is 385 g/mol. The Morgan fingerprint density at radius 2 is 1.93 bits per heavy atom. The second-order valence-corrected chi connectivity index (χ2v) is 7.70. The van der Waals surface area contributed by atoms with Crippen molar-refractivity contribution in [1.82, 2.24) is 14.7 Å². The van der Waals surface area contributed by atoms with E-state index in [1.165, 1.54) is 5.69 Å². The Morgan fingerprint density at radius 3 is 2.54 bits per heavy atom. The van der Waals surface area contributed by atoms with Gasteiger partial charge in [0.2, 0.25) is 0 Å². The van der Waals surface area contributed by atoms with E-state index in [-0.39, 0.29) is 6.03 Å². The summed E-state index contributed by atoms with van der Waals surface area (Å²) in [4.78, 5) is 14.5. The summed E-state index contributed by atoms with van der Waals surface area (Å²) in [7, 11) is 0. The molecule has 28 heavy (non-hydrogen) atoms. The SMILES string of the molecule is CCCCOc1ccc(NC(=O)N2CCC(Cn3nc(C)cc3C)CC2)cc1. The molecule has 0 atom stereocenters. The van der Waals surface area contributed by atoms with E-state index in [0.29, 0.717) is 5.92 Å². The number of nitrogens with one attached hydrogen (secondary N) is 1. The van der Waals surface area contributed by atoms with Crippen molar-refractivity contribution in [1.29, 1.82) is 0 Å². The van der Waals surface area contributed by atoms with Crippen molar-refractivity contribution in [2.75, 3.05) is 25.0 Å². The monoisotopic (exact) mass is 384 g/mol. The fourth-order valence-corrected chi connectivity index (χ4v) is 3.59. The molecule has 1 aromatic heterocycles. The number of benzene rings is 1. The number of unbranched alkanes of at least 4 members (excludes halogenated alkanes) is 1. The fourth-order valence-electron chi connectivity index (χ4n) is 3.59. The molecule has 0 aliphatic carbocycles. The largest absolute Gasteiger partial charge is 0.494 e. The predicted molar refractivity (Wildman–Crippen MR) is 112 cm³/mol. The maximum Gasteiger partial charge on any atom is 0.321 e. The topological polar surface area (TPSA) is 59.4 Å². The molecule has 1 N–H and O–H groups in total. The highest BCUT2D eigenvalue weighted by Gasteiger charge is 2.23. The Hall–Kier alpha value is -2.50. The van der Waals surface area contributed by atoms with Gasteiger partial charge in [0, 0.05) is 31.0 Å². The number of likely N-dealkylation sites (tertiary alicyclic amines) is 1. The van der Waals surface area contributed by atoms with Crippen LogP contribution in [0.5, 0.6) is 5.75 Å². The number of hydrogen-bond acceptors (Lipinski definition) is 3. The number of urea groups is 1. The molecular formula is C22H32N4O2.